The normalized spacial score (nSPS) is 11.7. The van der Waals surface area contributed by atoms with Gasteiger partial charge in [0.05, 0.1) is 19.4 Å². The summed E-state index contributed by atoms with van der Waals surface area (Å²) in [6.45, 7) is 3.96. The molecule has 0 aromatic carbocycles. The van der Waals surface area contributed by atoms with Crippen LogP contribution in [0, 0.1) is 0 Å². The number of hydrogen-bond donors (Lipinski definition) is 2. The lowest BCUT2D eigenvalue weighted by molar-refractivity contribution is -0.143. The van der Waals surface area contributed by atoms with Gasteiger partial charge in [0.1, 0.15) is 0 Å². The van der Waals surface area contributed by atoms with Crippen LogP contribution in [0.3, 0.4) is 0 Å². The summed E-state index contributed by atoms with van der Waals surface area (Å²) < 4.78 is 4.89. The highest BCUT2D eigenvalue weighted by Crippen LogP contribution is 2.19. The Labute approximate surface area is 112 Å². The van der Waals surface area contributed by atoms with Crippen LogP contribution in [0.5, 0.6) is 0 Å². The molecule has 0 atom stereocenters. The van der Waals surface area contributed by atoms with E-state index in [1.54, 1.807) is 0 Å². The Morgan fingerprint density at radius 1 is 1.00 bits per heavy atom. The maximum atomic E-state index is 11.5. The van der Waals surface area contributed by atoms with E-state index in [0.717, 1.165) is 0 Å². The van der Waals surface area contributed by atoms with E-state index in [4.69, 9.17) is 14.9 Å². The summed E-state index contributed by atoms with van der Waals surface area (Å²) in [5, 5.41) is 17.7. The third-order valence-corrected chi connectivity index (χ3v) is 2.39. The van der Waals surface area contributed by atoms with Gasteiger partial charge >= 0.3 is 17.9 Å². The molecule has 6 heteroatoms. The largest absolute Gasteiger partial charge is 0.481 e. The Morgan fingerprint density at radius 3 is 2.05 bits per heavy atom. The van der Waals surface area contributed by atoms with Crippen LogP contribution in [0.4, 0.5) is 0 Å². The molecule has 0 aromatic heterocycles. The number of hydrogen-bond acceptors (Lipinski definition) is 4. The lowest BCUT2D eigenvalue weighted by Gasteiger charge is -2.10. The Balaban J connectivity index is 5.03. The molecule has 2 N–H and O–H groups in total. The van der Waals surface area contributed by atoms with E-state index < -0.39 is 24.3 Å². The molecule has 0 radical (unpaired) electrons. The van der Waals surface area contributed by atoms with Gasteiger partial charge < -0.3 is 14.9 Å². The summed E-state index contributed by atoms with van der Waals surface area (Å²) in [6.07, 6.45) is 0.927. The van der Waals surface area contributed by atoms with Crippen molar-refractivity contribution >= 4 is 17.9 Å². The summed E-state index contributed by atoms with van der Waals surface area (Å²) >= 11 is 0. The van der Waals surface area contributed by atoms with Crippen molar-refractivity contribution in [3.05, 3.63) is 11.1 Å². The second kappa shape index (κ2) is 9.13. The second-order valence-corrected chi connectivity index (χ2v) is 4.11. The molecule has 108 valence electrons. The smallest absolute Gasteiger partial charge is 0.332 e. The highest BCUT2D eigenvalue weighted by Gasteiger charge is 2.19. The first kappa shape index (κ1) is 17.2. The Hall–Kier alpha value is -1.85. The monoisotopic (exact) mass is 272 g/mol. The van der Waals surface area contributed by atoms with Gasteiger partial charge in [-0.1, -0.05) is 20.3 Å². The van der Waals surface area contributed by atoms with E-state index in [0.29, 0.717) is 24.8 Å². The molecular formula is C13H20O6. The lowest BCUT2D eigenvalue weighted by Crippen LogP contribution is -2.13. The second-order valence-electron chi connectivity index (χ2n) is 4.11. The zero-order chi connectivity index (χ0) is 14.8. The van der Waals surface area contributed by atoms with E-state index in [1.807, 2.05) is 13.8 Å². The number of aliphatic carboxylic acids is 2. The number of carboxylic acid groups (broad SMARTS) is 2. The highest BCUT2D eigenvalue weighted by molar-refractivity contribution is 5.93. The van der Waals surface area contributed by atoms with Crippen molar-refractivity contribution in [3.63, 3.8) is 0 Å². The van der Waals surface area contributed by atoms with E-state index >= 15 is 0 Å². The predicted molar refractivity (Wildman–Crippen MR) is 67.7 cm³/mol. The fraction of sp³-hybridized carbons (Fsp3) is 0.615. The van der Waals surface area contributed by atoms with Crippen LogP contribution in [0.1, 0.15) is 46.0 Å². The zero-order valence-electron chi connectivity index (χ0n) is 11.3. The average Bonchev–Trinajstić information content (AvgIpc) is 2.32. The summed E-state index contributed by atoms with van der Waals surface area (Å²) in [4.78, 5) is 33.2. The van der Waals surface area contributed by atoms with Crippen molar-refractivity contribution in [3.8, 4) is 0 Å². The average molecular weight is 272 g/mol. The van der Waals surface area contributed by atoms with Gasteiger partial charge in [0, 0.05) is 5.57 Å². The maximum absolute atomic E-state index is 11.5. The molecule has 0 saturated carbocycles. The number of carbonyl (C=O) groups is 3. The minimum absolute atomic E-state index is 0.164. The number of rotatable bonds is 9. The predicted octanol–water partition coefficient (Wildman–Crippen LogP) is 1.99. The van der Waals surface area contributed by atoms with Crippen molar-refractivity contribution in [1.29, 1.82) is 0 Å². The summed E-state index contributed by atoms with van der Waals surface area (Å²) in [5.41, 5.74) is 0.112. The third-order valence-electron chi connectivity index (χ3n) is 2.39. The Bertz CT molecular complexity index is 369. The first-order valence-electron chi connectivity index (χ1n) is 6.23. The van der Waals surface area contributed by atoms with Crippen molar-refractivity contribution in [1.82, 2.24) is 0 Å². The van der Waals surface area contributed by atoms with E-state index in [-0.39, 0.29) is 18.6 Å². The van der Waals surface area contributed by atoms with Gasteiger partial charge in [0.15, 0.2) is 0 Å². The molecular weight excluding hydrogens is 252 g/mol. The van der Waals surface area contributed by atoms with Crippen LogP contribution in [-0.2, 0) is 19.1 Å². The fourth-order valence-corrected chi connectivity index (χ4v) is 1.59. The van der Waals surface area contributed by atoms with E-state index in [2.05, 4.69) is 0 Å². The molecule has 0 heterocycles. The molecule has 0 saturated heterocycles. The summed E-state index contributed by atoms with van der Waals surface area (Å²) in [5.74, 6) is -3.04. The quantitative estimate of drug-likeness (QED) is 0.491. The molecule has 0 aliphatic heterocycles. The first-order valence-corrected chi connectivity index (χ1v) is 6.23. The molecule has 19 heavy (non-hydrogen) atoms. The van der Waals surface area contributed by atoms with Crippen LogP contribution >= 0.6 is 0 Å². The lowest BCUT2D eigenvalue weighted by atomic mass is 9.98. The van der Waals surface area contributed by atoms with Gasteiger partial charge in [-0.05, 0) is 18.4 Å². The maximum Gasteiger partial charge on any atom is 0.332 e. The first-order chi connectivity index (χ1) is 8.92. The van der Waals surface area contributed by atoms with Crippen molar-refractivity contribution in [2.45, 2.75) is 46.0 Å². The van der Waals surface area contributed by atoms with E-state index in [1.165, 1.54) is 0 Å². The van der Waals surface area contributed by atoms with Crippen molar-refractivity contribution in [2.75, 3.05) is 6.61 Å². The number of carboxylic acids is 2. The van der Waals surface area contributed by atoms with Crippen LogP contribution in [-0.4, -0.2) is 34.7 Å². The zero-order valence-corrected chi connectivity index (χ0v) is 11.3. The topological polar surface area (TPSA) is 101 Å². The number of carbonyl (C=O) groups excluding carboxylic acids is 1. The molecule has 0 unspecified atom stereocenters. The molecule has 6 nitrogen and oxygen atoms in total. The Morgan fingerprint density at radius 2 is 1.63 bits per heavy atom. The van der Waals surface area contributed by atoms with Crippen LogP contribution < -0.4 is 0 Å². The minimum Gasteiger partial charge on any atom is -0.481 e. The van der Waals surface area contributed by atoms with Crippen molar-refractivity contribution < 1.29 is 29.3 Å². The SMILES string of the molecule is CCCOC(=O)CC(CCC)=C(CC(=O)O)C(=O)O. The molecule has 0 spiro atoms. The Kier molecular flexibility index (Phi) is 8.24. The van der Waals surface area contributed by atoms with Gasteiger partial charge in [-0.25, -0.2) is 4.79 Å². The molecule has 0 rings (SSSR count). The van der Waals surface area contributed by atoms with Crippen LogP contribution in [0.15, 0.2) is 11.1 Å². The fourth-order valence-electron chi connectivity index (χ4n) is 1.59. The van der Waals surface area contributed by atoms with E-state index in [9.17, 15) is 14.4 Å². The minimum atomic E-state index is -1.30. The molecule has 0 aliphatic carbocycles. The molecule has 0 fully saturated rings. The molecule has 0 aromatic rings. The standard InChI is InChI=1S/C13H20O6/c1-3-5-9(7-12(16)19-6-4-2)10(13(17)18)8-11(14)15/h3-8H2,1-2H3,(H,14,15)(H,17,18). The molecule has 0 amide bonds. The highest BCUT2D eigenvalue weighted by atomic mass is 16.5. The molecule has 0 aliphatic rings. The van der Waals surface area contributed by atoms with Crippen molar-refractivity contribution in [2.24, 2.45) is 0 Å². The number of esters is 1. The summed E-state index contributed by atoms with van der Waals surface area (Å²) in [7, 11) is 0. The third kappa shape index (κ3) is 7.23. The number of ether oxygens (including phenoxy) is 1. The van der Waals surface area contributed by atoms with Gasteiger partial charge in [0.2, 0.25) is 0 Å². The van der Waals surface area contributed by atoms with Gasteiger partial charge in [-0.15, -0.1) is 0 Å². The summed E-state index contributed by atoms with van der Waals surface area (Å²) in [6, 6.07) is 0. The van der Waals surface area contributed by atoms with Crippen LogP contribution in [0.25, 0.3) is 0 Å². The van der Waals surface area contributed by atoms with Crippen LogP contribution in [0.2, 0.25) is 0 Å². The van der Waals surface area contributed by atoms with Gasteiger partial charge in [-0.3, -0.25) is 9.59 Å². The van der Waals surface area contributed by atoms with Gasteiger partial charge in [-0.2, -0.15) is 0 Å². The van der Waals surface area contributed by atoms with Gasteiger partial charge in [0.25, 0.3) is 0 Å². The molecule has 0 bridgehead atoms.